The van der Waals surface area contributed by atoms with E-state index in [4.69, 9.17) is 11.6 Å². The van der Waals surface area contributed by atoms with Crippen molar-refractivity contribution in [3.63, 3.8) is 0 Å². The van der Waals surface area contributed by atoms with Gasteiger partial charge in [-0.1, -0.05) is 48.0 Å². The lowest BCUT2D eigenvalue weighted by atomic mass is 10.1. The number of halogens is 1. The molecule has 5 heteroatoms. The highest BCUT2D eigenvalue weighted by molar-refractivity contribution is 7.12. The van der Waals surface area contributed by atoms with E-state index < -0.39 is 0 Å². The molecule has 2 heterocycles. The van der Waals surface area contributed by atoms with Crippen molar-refractivity contribution in [3.05, 3.63) is 75.9 Å². The molecule has 1 aromatic heterocycles. The van der Waals surface area contributed by atoms with Gasteiger partial charge in [-0.25, -0.2) is 0 Å². The summed E-state index contributed by atoms with van der Waals surface area (Å²) in [6.07, 6.45) is 0. The van der Waals surface area contributed by atoms with Crippen molar-refractivity contribution in [1.82, 2.24) is 4.90 Å². The summed E-state index contributed by atoms with van der Waals surface area (Å²) in [4.78, 5) is 18.1. The second kappa shape index (κ2) is 7.52. The van der Waals surface area contributed by atoms with Crippen LogP contribution in [0.25, 0.3) is 11.1 Å². The zero-order valence-corrected chi connectivity index (χ0v) is 15.8. The Hall–Kier alpha value is -2.30. The van der Waals surface area contributed by atoms with E-state index in [-0.39, 0.29) is 5.91 Å². The van der Waals surface area contributed by atoms with Gasteiger partial charge in [0.1, 0.15) is 0 Å². The van der Waals surface area contributed by atoms with Crippen molar-refractivity contribution in [2.75, 3.05) is 31.1 Å². The highest BCUT2D eigenvalue weighted by Crippen LogP contribution is 2.30. The average molecular weight is 383 g/mol. The van der Waals surface area contributed by atoms with E-state index in [0.717, 1.165) is 52.9 Å². The van der Waals surface area contributed by atoms with Gasteiger partial charge < -0.3 is 9.80 Å². The summed E-state index contributed by atoms with van der Waals surface area (Å²) in [7, 11) is 0. The van der Waals surface area contributed by atoms with Crippen molar-refractivity contribution in [2.24, 2.45) is 0 Å². The Kier molecular flexibility index (Phi) is 4.96. The molecule has 1 aliphatic heterocycles. The van der Waals surface area contributed by atoms with Gasteiger partial charge in [-0.3, -0.25) is 4.79 Å². The second-order valence-electron chi connectivity index (χ2n) is 6.29. The first kappa shape index (κ1) is 17.1. The largest absolute Gasteiger partial charge is 0.368 e. The molecule has 4 rings (SSSR count). The van der Waals surface area contributed by atoms with E-state index in [1.165, 1.54) is 11.3 Å². The Morgan fingerprint density at radius 1 is 0.923 bits per heavy atom. The van der Waals surface area contributed by atoms with Crippen LogP contribution in [0.15, 0.2) is 66.0 Å². The summed E-state index contributed by atoms with van der Waals surface area (Å²) in [6, 6.07) is 20.0. The van der Waals surface area contributed by atoms with Crippen molar-refractivity contribution >= 4 is 34.5 Å². The highest BCUT2D eigenvalue weighted by atomic mass is 35.5. The van der Waals surface area contributed by atoms with Gasteiger partial charge in [0.2, 0.25) is 0 Å². The summed E-state index contributed by atoms with van der Waals surface area (Å²) in [5.41, 5.74) is 3.23. The molecule has 1 fully saturated rings. The molecule has 3 nitrogen and oxygen atoms in total. The maximum atomic E-state index is 13.0. The molecule has 0 spiro atoms. The topological polar surface area (TPSA) is 23.6 Å². The monoisotopic (exact) mass is 382 g/mol. The van der Waals surface area contributed by atoms with Gasteiger partial charge >= 0.3 is 0 Å². The van der Waals surface area contributed by atoms with Crippen LogP contribution in [0.2, 0.25) is 5.02 Å². The molecule has 1 saturated heterocycles. The van der Waals surface area contributed by atoms with E-state index >= 15 is 0 Å². The molecule has 0 N–H and O–H groups in total. The number of anilines is 1. The van der Waals surface area contributed by atoms with Crippen molar-refractivity contribution in [1.29, 1.82) is 0 Å². The number of rotatable bonds is 3. The van der Waals surface area contributed by atoms with Gasteiger partial charge in [0, 0.05) is 42.5 Å². The van der Waals surface area contributed by atoms with Crippen LogP contribution in [-0.2, 0) is 0 Å². The minimum absolute atomic E-state index is 0.129. The lowest BCUT2D eigenvalue weighted by Crippen LogP contribution is -2.48. The van der Waals surface area contributed by atoms with Gasteiger partial charge in [0.25, 0.3) is 5.91 Å². The van der Waals surface area contributed by atoms with Crippen molar-refractivity contribution in [2.45, 2.75) is 0 Å². The van der Waals surface area contributed by atoms with Gasteiger partial charge in [-0.2, -0.15) is 0 Å². The fourth-order valence-electron chi connectivity index (χ4n) is 3.30. The maximum absolute atomic E-state index is 13.0. The summed E-state index contributed by atoms with van der Waals surface area (Å²) >= 11 is 7.62. The molecule has 0 bridgehead atoms. The van der Waals surface area contributed by atoms with Crippen LogP contribution in [0.5, 0.6) is 0 Å². The number of thiophene rings is 1. The smallest absolute Gasteiger partial charge is 0.264 e. The minimum atomic E-state index is 0.129. The van der Waals surface area contributed by atoms with E-state index in [1.807, 2.05) is 52.7 Å². The number of amides is 1. The fraction of sp³-hybridized carbons (Fsp3) is 0.190. The van der Waals surface area contributed by atoms with E-state index in [9.17, 15) is 4.79 Å². The van der Waals surface area contributed by atoms with Crippen molar-refractivity contribution in [3.8, 4) is 11.1 Å². The van der Waals surface area contributed by atoms with Crippen LogP contribution in [0.1, 0.15) is 9.67 Å². The van der Waals surface area contributed by atoms with Gasteiger partial charge in [-0.05, 0) is 35.2 Å². The molecule has 2 aromatic carbocycles. The molecule has 0 unspecified atom stereocenters. The SMILES string of the molecule is O=C(c1sccc1-c1ccccc1)N1CCN(c2cccc(Cl)c2)CC1. The molecular weight excluding hydrogens is 364 g/mol. The highest BCUT2D eigenvalue weighted by Gasteiger charge is 2.25. The van der Waals surface area contributed by atoms with Crippen LogP contribution in [0, 0.1) is 0 Å². The first-order valence-electron chi connectivity index (χ1n) is 8.65. The third-order valence-corrected chi connectivity index (χ3v) is 5.82. The summed E-state index contributed by atoms with van der Waals surface area (Å²) in [6.45, 7) is 3.07. The van der Waals surface area contributed by atoms with E-state index in [0.29, 0.717) is 0 Å². The summed E-state index contributed by atoms with van der Waals surface area (Å²) in [5, 5.41) is 2.74. The Morgan fingerprint density at radius 2 is 1.69 bits per heavy atom. The number of carbonyl (C=O) groups is 1. The lowest BCUT2D eigenvalue weighted by molar-refractivity contribution is 0.0752. The number of hydrogen-bond donors (Lipinski definition) is 0. The predicted molar refractivity (Wildman–Crippen MR) is 109 cm³/mol. The number of hydrogen-bond acceptors (Lipinski definition) is 3. The van der Waals surface area contributed by atoms with E-state index in [2.05, 4.69) is 23.1 Å². The summed E-state index contributed by atoms with van der Waals surface area (Å²) in [5.74, 6) is 0.129. The molecule has 3 aromatic rings. The number of benzene rings is 2. The van der Waals surface area contributed by atoms with Gasteiger partial charge in [0.15, 0.2) is 0 Å². The Labute approximate surface area is 162 Å². The molecule has 1 aliphatic rings. The van der Waals surface area contributed by atoms with Gasteiger partial charge in [-0.15, -0.1) is 11.3 Å². The molecule has 0 aliphatic carbocycles. The second-order valence-corrected chi connectivity index (χ2v) is 7.64. The average Bonchev–Trinajstić information content (AvgIpc) is 3.18. The molecule has 1 amide bonds. The molecule has 0 radical (unpaired) electrons. The first-order valence-corrected chi connectivity index (χ1v) is 9.91. The fourth-order valence-corrected chi connectivity index (χ4v) is 4.37. The minimum Gasteiger partial charge on any atom is -0.368 e. The molecule has 26 heavy (non-hydrogen) atoms. The number of carbonyl (C=O) groups excluding carboxylic acids is 1. The third-order valence-electron chi connectivity index (χ3n) is 4.68. The standard InChI is InChI=1S/C21H19ClN2OS/c22-17-7-4-8-18(15-17)23-10-12-24(13-11-23)21(25)20-19(9-14-26-20)16-5-2-1-3-6-16/h1-9,14-15H,10-13H2. The predicted octanol–water partition coefficient (Wildman–Crippen LogP) is 5.03. The molecule has 0 atom stereocenters. The molecular formula is C21H19ClN2OS. The van der Waals surface area contributed by atoms with Crippen molar-refractivity contribution < 1.29 is 4.79 Å². The maximum Gasteiger partial charge on any atom is 0.264 e. The van der Waals surface area contributed by atoms with Gasteiger partial charge in [0.05, 0.1) is 4.88 Å². The zero-order valence-electron chi connectivity index (χ0n) is 14.3. The van der Waals surface area contributed by atoms with Crippen LogP contribution in [-0.4, -0.2) is 37.0 Å². The van der Waals surface area contributed by atoms with Crippen LogP contribution < -0.4 is 4.90 Å². The summed E-state index contributed by atoms with van der Waals surface area (Å²) < 4.78 is 0. The quantitative estimate of drug-likeness (QED) is 0.634. The Bertz CT molecular complexity index is 901. The Balaban J connectivity index is 1.47. The zero-order chi connectivity index (χ0) is 17.9. The third kappa shape index (κ3) is 3.48. The number of nitrogens with zero attached hydrogens (tertiary/aromatic N) is 2. The van der Waals surface area contributed by atoms with Crippen LogP contribution >= 0.6 is 22.9 Å². The Morgan fingerprint density at radius 3 is 2.42 bits per heavy atom. The normalized spacial score (nSPS) is 14.5. The first-order chi connectivity index (χ1) is 12.7. The molecule has 132 valence electrons. The molecule has 0 saturated carbocycles. The van der Waals surface area contributed by atoms with Crippen LogP contribution in [0.3, 0.4) is 0 Å². The van der Waals surface area contributed by atoms with Crippen LogP contribution in [0.4, 0.5) is 5.69 Å². The van der Waals surface area contributed by atoms with E-state index in [1.54, 1.807) is 0 Å². The lowest BCUT2D eigenvalue weighted by Gasteiger charge is -2.36. The number of piperazine rings is 1.